The quantitative estimate of drug-likeness (QED) is 0.541. The van der Waals surface area contributed by atoms with Gasteiger partial charge >= 0.3 is 0 Å². The minimum atomic E-state index is -1.52. The molecule has 0 saturated carbocycles. The van der Waals surface area contributed by atoms with Crippen molar-refractivity contribution >= 4 is 18.8 Å². The maximum atomic E-state index is 13.4. The predicted molar refractivity (Wildman–Crippen MR) is 53.6 cm³/mol. The largest absolute Gasteiger partial charge is 0.317 e. The molecule has 0 radical (unpaired) electrons. The van der Waals surface area contributed by atoms with Gasteiger partial charge in [-0.1, -0.05) is 32.2 Å². The van der Waals surface area contributed by atoms with Gasteiger partial charge < -0.3 is 5.73 Å². The van der Waals surface area contributed by atoms with Crippen molar-refractivity contribution in [3.8, 4) is 0 Å². The van der Waals surface area contributed by atoms with Crippen molar-refractivity contribution in [3.05, 3.63) is 0 Å². The molecule has 68 valence electrons. The summed E-state index contributed by atoms with van der Waals surface area (Å²) < 4.78 is 13.4. The standard InChI is InChI=1S/C7H17FNPS/c1-6(2,3)10(8)11-7(4,5)9/h9H2,1-5H3. The Morgan fingerprint density at radius 2 is 1.55 bits per heavy atom. The fourth-order valence-electron chi connectivity index (χ4n) is 0.343. The maximum Gasteiger partial charge on any atom is 0.148 e. The molecule has 0 spiro atoms. The first-order valence-corrected chi connectivity index (χ1v) is 6.22. The number of halogens is 1. The van der Waals surface area contributed by atoms with Crippen molar-refractivity contribution in [2.45, 2.75) is 44.6 Å². The minimum Gasteiger partial charge on any atom is -0.317 e. The molecule has 0 aromatic carbocycles. The van der Waals surface area contributed by atoms with E-state index in [1.54, 1.807) is 0 Å². The van der Waals surface area contributed by atoms with Gasteiger partial charge in [-0.3, -0.25) is 0 Å². The normalized spacial score (nSPS) is 16.6. The lowest BCUT2D eigenvalue weighted by atomic mass is 10.3. The van der Waals surface area contributed by atoms with Gasteiger partial charge in [0.05, 0.1) is 4.87 Å². The lowest BCUT2D eigenvalue weighted by Crippen LogP contribution is -2.27. The fraction of sp³-hybridized carbons (Fsp3) is 1.00. The van der Waals surface area contributed by atoms with Crippen molar-refractivity contribution in [2.75, 3.05) is 0 Å². The molecule has 11 heavy (non-hydrogen) atoms. The van der Waals surface area contributed by atoms with Crippen molar-refractivity contribution in [1.29, 1.82) is 0 Å². The van der Waals surface area contributed by atoms with Gasteiger partial charge in [-0.15, -0.1) is 0 Å². The summed E-state index contributed by atoms with van der Waals surface area (Å²) in [6, 6.07) is 0. The van der Waals surface area contributed by atoms with Crippen LogP contribution in [0.3, 0.4) is 0 Å². The zero-order valence-corrected chi connectivity index (χ0v) is 9.52. The molecule has 0 aromatic rings. The average Bonchev–Trinajstić information content (AvgIpc) is 1.56. The van der Waals surface area contributed by atoms with Gasteiger partial charge in [-0.05, 0) is 13.8 Å². The van der Waals surface area contributed by atoms with Gasteiger partial charge in [0.1, 0.15) is 7.43 Å². The van der Waals surface area contributed by atoms with Crippen LogP contribution in [-0.2, 0) is 0 Å². The van der Waals surface area contributed by atoms with E-state index < -0.39 is 12.3 Å². The number of rotatable bonds is 2. The molecule has 0 amide bonds. The van der Waals surface area contributed by atoms with E-state index in [0.29, 0.717) is 0 Å². The third-order valence-electron chi connectivity index (χ3n) is 0.843. The van der Waals surface area contributed by atoms with Gasteiger partial charge in [-0.2, -0.15) is 0 Å². The molecular formula is C7H17FNPS. The first-order chi connectivity index (χ1) is 4.63. The molecule has 0 rings (SSSR count). The summed E-state index contributed by atoms with van der Waals surface area (Å²) in [5, 5.41) is -0.253. The van der Waals surface area contributed by atoms with E-state index in [1.807, 2.05) is 34.6 Å². The Morgan fingerprint density at radius 1 is 1.18 bits per heavy atom. The molecule has 0 aromatic heterocycles. The van der Waals surface area contributed by atoms with Crippen LogP contribution in [0.4, 0.5) is 4.20 Å². The van der Waals surface area contributed by atoms with E-state index in [0.717, 1.165) is 0 Å². The van der Waals surface area contributed by atoms with E-state index >= 15 is 0 Å². The average molecular weight is 197 g/mol. The molecule has 1 atom stereocenters. The summed E-state index contributed by atoms with van der Waals surface area (Å²) in [5.74, 6) is 0. The smallest absolute Gasteiger partial charge is 0.148 e. The molecular weight excluding hydrogens is 180 g/mol. The summed E-state index contributed by atoms with van der Waals surface area (Å²) in [4.78, 5) is -0.451. The van der Waals surface area contributed by atoms with Gasteiger partial charge in [0, 0.05) is 5.16 Å². The second-order valence-corrected chi connectivity index (χ2v) is 8.69. The zero-order valence-electron chi connectivity index (χ0n) is 7.81. The maximum absolute atomic E-state index is 13.4. The van der Waals surface area contributed by atoms with Crippen molar-refractivity contribution in [2.24, 2.45) is 5.73 Å². The minimum absolute atomic E-state index is 0.253. The summed E-state index contributed by atoms with van der Waals surface area (Å²) in [6.45, 7) is 9.36. The monoisotopic (exact) mass is 197 g/mol. The Morgan fingerprint density at radius 3 is 1.64 bits per heavy atom. The van der Waals surface area contributed by atoms with Gasteiger partial charge in [0.15, 0.2) is 0 Å². The molecule has 0 bridgehead atoms. The van der Waals surface area contributed by atoms with Crippen LogP contribution in [0.15, 0.2) is 0 Å². The Labute approximate surface area is 73.9 Å². The lowest BCUT2D eigenvalue weighted by Gasteiger charge is -2.28. The van der Waals surface area contributed by atoms with Crippen LogP contribution in [0, 0.1) is 0 Å². The molecule has 0 heterocycles. The molecule has 0 aliphatic rings. The van der Waals surface area contributed by atoms with Crippen molar-refractivity contribution in [3.63, 3.8) is 0 Å². The van der Waals surface area contributed by atoms with Crippen molar-refractivity contribution in [1.82, 2.24) is 0 Å². The fourth-order valence-corrected chi connectivity index (χ4v) is 3.09. The highest BCUT2D eigenvalue weighted by molar-refractivity contribution is 8.55. The molecule has 0 aliphatic heterocycles. The number of hydrogen-bond acceptors (Lipinski definition) is 2. The second-order valence-electron chi connectivity index (χ2n) is 4.11. The van der Waals surface area contributed by atoms with Gasteiger partial charge in [0.25, 0.3) is 0 Å². The molecule has 0 fully saturated rings. The van der Waals surface area contributed by atoms with Crippen LogP contribution in [0.1, 0.15) is 34.6 Å². The third-order valence-corrected chi connectivity index (χ3v) is 6.06. The molecule has 2 N–H and O–H groups in total. The summed E-state index contributed by atoms with van der Waals surface area (Å²) in [5.41, 5.74) is 5.67. The lowest BCUT2D eigenvalue weighted by molar-refractivity contribution is 0.727. The Balaban J connectivity index is 3.99. The summed E-state index contributed by atoms with van der Waals surface area (Å²) >= 11 is 1.24. The van der Waals surface area contributed by atoms with Gasteiger partial charge in [0.2, 0.25) is 0 Å². The van der Waals surface area contributed by atoms with Gasteiger partial charge in [-0.25, -0.2) is 4.20 Å². The zero-order chi connectivity index (χ0) is 9.28. The van der Waals surface area contributed by atoms with Crippen LogP contribution in [-0.4, -0.2) is 10.0 Å². The Hall–Kier alpha value is 0.670. The Bertz CT molecular complexity index is 127. The van der Waals surface area contributed by atoms with Crippen LogP contribution >= 0.6 is 18.8 Å². The molecule has 0 aliphatic carbocycles. The Kier molecular flexibility index (Phi) is 3.81. The predicted octanol–water partition coefficient (Wildman–Crippen LogP) is 3.49. The molecule has 4 heteroatoms. The molecule has 0 saturated heterocycles. The summed E-state index contributed by atoms with van der Waals surface area (Å²) in [7, 11) is -1.52. The van der Waals surface area contributed by atoms with Crippen LogP contribution < -0.4 is 5.73 Å². The van der Waals surface area contributed by atoms with E-state index in [1.165, 1.54) is 11.4 Å². The highest BCUT2D eigenvalue weighted by Gasteiger charge is 2.30. The SMILES string of the molecule is CC(C)(N)SP(F)C(C)(C)C. The number of nitrogens with two attached hydrogens (primary N) is 1. The molecule has 1 unspecified atom stereocenters. The van der Waals surface area contributed by atoms with E-state index in [-0.39, 0.29) is 5.16 Å². The highest BCUT2D eigenvalue weighted by Crippen LogP contribution is 2.64. The second kappa shape index (κ2) is 3.59. The van der Waals surface area contributed by atoms with E-state index in [4.69, 9.17) is 5.73 Å². The van der Waals surface area contributed by atoms with Crippen LogP contribution in [0.2, 0.25) is 0 Å². The van der Waals surface area contributed by atoms with E-state index in [2.05, 4.69) is 0 Å². The van der Waals surface area contributed by atoms with Crippen LogP contribution in [0.5, 0.6) is 0 Å². The first kappa shape index (κ1) is 11.7. The third kappa shape index (κ3) is 5.89. The van der Waals surface area contributed by atoms with Crippen molar-refractivity contribution < 1.29 is 4.20 Å². The topological polar surface area (TPSA) is 26.0 Å². The highest BCUT2D eigenvalue weighted by atomic mass is 32.7. The summed E-state index contributed by atoms with van der Waals surface area (Å²) in [6.07, 6.45) is 0. The van der Waals surface area contributed by atoms with Crippen LogP contribution in [0.25, 0.3) is 0 Å². The molecule has 1 nitrogen and oxygen atoms in total. The van der Waals surface area contributed by atoms with E-state index in [9.17, 15) is 4.20 Å². The first-order valence-electron chi connectivity index (χ1n) is 3.57. The number of hydrogen-bond donors (Lipinski definition) is 1.